The van der Waals surface area contributed by atoms with E-state index in [-0.39, 0.29) is 19.3 Å². The van der Waals surface area contributed by atoms with E-state index in [1.165, 1.54) is 6.33 Å². The van der Waals surface area contributed by atoms with Gasteiger partial charge in [-0.3, -0.25) is 4.68 Å². The molecule has 1 N–H and O–H groups in total. The van der Waals surface area contributed by atoms with E-state index in [1.807, 2.05) is 12.3 Å². The second-order valence-electron chi connectivity index (χ2n) is 6.57. The summed E-state index contributed by atoms with van der Waals surface area (Å²) in [4.78, 5) is 11.5. The van der Waals surface area contributed by atoms with E-state index in [4.69, 9.17) is 0 Å². The zero-order chi connectivity index (χ0) is 17.5. The first-order valence-electron chi connectivity index (χ1n) is 7.83. The van der Waals surface area contributed by atoms with Crippen LogP contribution in [0.5, 0.6) is 0 Å². The number of nitrogens with one attached hydrogen (secondary N) is 1. The van der Waals surface area contributed by atoms with Crippen LogP contribution in [0, 0.1) is 28.1 Å². The van der Waals surface area contributed by atoms with Crippen LogP contribution in [0.25, 0.3) is 22.3 Å². The number of alkyl halides is 1. The van der Waals surface area contributed by atoms with Crippen molar-refractivity contribution in [3.05, 3.63) is 31.0 Å². The van der Waals surface area contributed by atoms with Crippen molar-refractivity contribution in [2.75, 3.05) is 6.67 Å². The molecule has 124 valence electrons. The Morgan fingerprint density at radius 2 is 2.16 bits per heavy atom. The van der Waals surface area contributed by atoms with Gasteiger partial charge in [-0.2, -0.15) is 15.6 Å². The second-order valence-corrected chi connectivity index (χ2v) is 6.57. The SMILES string of the molecule is N#CCC1(n2cc(-c3ncnc4[nH]ccc34)cn2)CC(C#N)(CF)C1. The normalized spacial score (nSPS) is 25.2. The Morgan fingerprint density at radius 3 is 2.88 bits per heavy atom. The molecule has 4 rings (SSSR count). The van der Waals surface area contributed by atoms with Crippen LogP contribution < -0.4 is 0 Å². The molecule has 3 aromatic rings. The first kappa shape index (κ1) is 15.3. The molecular weight excluding hydrogens is 321 g/mol. The Morgan fingerprint density at radius 1 is 1.32 bits per heavy atom. The smallest absolute Gasteiger partial charge is 0.141 e. The number of nitriles is 2. The average molecular weight is 335 g/mol. The van der Waals surface area contributed by atoms with Gasteiger partial charge in [-0.25, -0.2) is 14.4 Å². The van der Waals surface area contributed by atoms with Gasteiger partial charge in [0, 0.05) is 23.3 Å². The van der Waals surface area contributed by atoms with Crippen molar-refractivity contribution in [1.29, 1.82) is 10.5 Å². The van der Waals surface area contributed by atoms with E-state index in [2.05, 4.69) is 32.2 Å². The molecule has 0 spiro atoms. The van der Waals surface area contributed by atoms with Crippen LogP contribution in [-0.2, 0) is 5.54 Å². The van der Waals surface area contributed by atoms with E-state index in [1.54, 1.807) is 17.1 Å². The third kappa shape index (κ3) is 2.18. The quantitative estimate of drug-likeness (QED) is 0.789. The maximum atomic E-state index is 13.2. The van der Waals surface area contributed by atoms with E-state index in [9.17, 15) is 14.9 Å². The maximum absolute atomic E-state index is 13.2. The zero-order valence-electron chi connectivity index (χ0n) is 13.3. The lowest BCUT2D eigenvalue weighted by Gasteiger charge is -2.50. The van der Waals surface area contributed by atoms with Gasteiger partial charge in [0.1, 0.15) is 18.6 Å². The molecule has 1 fully saturated rings. The predicted molar refractivity (Wildman–Crippen MR) is 86.6 cm³/mol. The van der Waals surface area contributed by atoms with Crippen molar-refractivity contribution in [2.24, 2.45) is 5.41 Å². The summed E-state index contributed by atoms with van der Waals surface area (Å²) in [6.45, 7) is -0.708. The summed E-state index contributed by atoms with van der Waals surface area (Å²) in [6, 6.07) is 6.09. The third-order valence-corrected chi connectivity index (χ3v) is 4.93. The van der Waals surface area contributed by atoms with Gasteiger partial charge in [0.05, 0.1) is 41.4 Å². The molecule has 25 heavy (non-hydrogen) atoms. The number of fused-ring (bicyclic) bond motifs is 1. The van der Waals surface area contributed by atoms with E-state index in [0.717, 1.165) is 22.3 Å². The standard InChI is InChI=1S/C17H14FN7/c18-9-16(10-20)7-17(8-16,2-3-19)25-6-12(5-24-25)14-13-1-4-21-15(13)23-11-22-14/h1,4-6,11H,2,7-9H2,(H,21,22,23). The van der Waals surface area contributed by atoms with Crippen LogP contribution >= 0.6 is 0 Å². The maximum Gasteiger partial charge on any atom is 0.141 e. The molecule has 0 amide bonds. The average Bonchev–Trinajstić information content (AvgIpc) is 3.26. The van der Waals surface area contributed by atoms with Crippen LogP contribution in [0.4, 0.5) is 4.39 Å². The van der Waals surface area contributed by atoms with Crippen LogP contribution in [-0.4, -0.2) is 31.4 Å². The Kier molecular flexibility index (Phi) is 3.29. The van der Waals surface area contributed by atoms with Gasteiger partial charge in [-0.15, -0.1) is 0 Å². The largest absolute Gasteiger partial charge is 0.346 e. The highest BCUT2D eigenvalue weighted by Gasteiger charge is 2.57. The molecule has 0 radical (unpaired) electrons. The van der Waals surface area contributed by atoms with Crippen molar-refractivity contribution in [1.82, 2.24) is 24.7 Å². The zero-order valence-corrected chi connectivity index (χ0v) is 13.3. The summed E-state index contributed by atoms with van der Waals surface area (Å²) in [6.07, 6.45) is 7.50. The number of nitrogens with zero attached hydrogens (tertiary/aromatic N) is 6. The number of aromatic amines is 1. The van der Waals surface area contributed by atoms with Gasteiger partial charge in [-0.05, 0) is 18.9 Å². The van der Waals surface area contributed by atoms with Gasteiger partial charge >= 0.3 is 0 Å². The molecule has 3 aromatic heterocycles. The number of halogens is 1. The summed E-state index contributed by atoms with van der Waals surface area (Å²) in [5, 5.41) is 23.7. The molecule has 1 aliphatic carbocycles. The molecule has 3 heterocycles. The number of rotatable bonds is 4. The van der Waals surface area contributed by atoms with Crippen molar-refractivity contribution in [3.63, 3.8) is 0 Å². The van der Waals surface area contributed by atoms with Crippen LogP contribution in [0.1, 0.15) is 19.3 Å². The molecule has 1 aliphatic rings. The first-order chi connectivity index (χ1) is 12.2. The molecule has 1 saturated carbocycles. The van der Waals surface area contributed by atoms with Gasteiger partial charge in [-0.1, -0.05) is 0 Å². The van der Waals surface area contributed by atoms with Gasteiger partial charge in [0.15, 0.2) is 0 Å². The Hall–Kier alpha value is -3.26. The summed E-state index contributed by atoms with van der Waals surface area (Å²) in [7, 11) is 0. The number of aromatic nitrogens is 5. The number of hydrogen-bond donors (Lipinski definition) is 1. The fraction of sp³-hybridized carbons (Fsp3) is 0.353. The van der Waals surface area contributed by atoms with Crippen LogP contribution in [0.2, 0.25) is 0 Å². The lowest BCUT2D eigenvalue weighted by molar-refractivity contribution is -0.00932. The van der Waals surface area contributed by atoms with Crippen molar-refractivity contribution in [2.45, 2.75) is 24.8 Å². The fourth-order valence-electron chi connectivity index (χ4n) is 3.73. The summed E-state index contributed by atoms with van der Waals surface area (Å²) < 4.78 is 14.9. The molecule has 7 nitrogen and oxygen atoms in total. The summed E-state index contributed by atoms with van der Waals surface area (Å²) >= 11 is 0. The molecule has 0 atom stereocenters. The van der Waals surface area contributed by atoms with Crippen LogP contribution in [0.15, 0.2) is 31.0 Å². The van der Waals surface area contributed by atoms with Crippen molar-refractivity contribution in [3.8, 4) is 23.4 Å². The minimum Gasteiger partial charge on any atom is -0.346 e. The number of H-pyrrole nitrogens is 1. The summed E-state index contributed by atoms with van der Waals surface area (Å²) in [5.74, 6) is 0. The van der Waals surface area contributed by atoms with Gasteiger partial charge in [0.2, 0.25) is 0 Å². The molecular formula is C17H14FN7. The summed E-state index contributed by atoms with van der Waals surface area (Å²) in [5.41, 5.74) is 0.610. The second kappa shape index (κ2) is 5.38. The molecule has 8 heteroatoms. The lowest BCUT2D eigenvalue weighted by Crippen LogP contribution is -2.54. The topological polar surface area (TPSA) is 107 Å². The van der Waals surface area contributed by atoms with Crippen molar-refractivity contribution >= 4 is 11.0 Å². The highest BCUT2D eigenvalue weighted by atomic mass is 19.1. The lowest BCUT2D eigenvalue weighted by atomic mass is 9.57. The minimum absolute atomic E-state index is 0.181. The molecule has 0 aliphatic heterocycles. The highest BCUT2D eigenvalue weighted by Crippen LogP contribution is 2.54. The highest BCUT2D eigenvalue weighted by molar-refractivity contribution is 5.89. The molecule has 0 saturated heterocycles. The van der Waals surface area contributed by atoms with Gasteiger partial charge in [0.25, 0.3) is 0 Å². The minimum atomic E-state index is -1.01. The van der Waals surface area contributed by atoms with Gasteiger partial charge < -0.3 is 4.98 Å². The Labute approximate surface area is 142 Å². The molecule has 0 unspecified atom stereocenters. The van der Waals surface area contributed by atoms with Crippen LogP contribution in [0.3, 0.4) is 0 Å². The third-order valence-electron chi connectivity index (χ3n) is 4.93. The first-order valence-corrected chi connectivity index (χ1v) is 7.83. The molecule has 0 aromatic carbocycles. The predicted octanol–water partition coefficient (Wildman–Crippen LogP) is 2.70. The molecule has 0 bridgehead atoms. The fourth-order valence-corrected chi connectivity index (χ4v) is 3.73. The Balaban J connectivity index is 1.72. The Bertz CT molecular complexity index is 1010. The monoisotopic (exact) mass is 335 g/mol. The van der Waals surface area contributed by atoms with Crippen molar-refractivity contribution < 1.29 is 4.39 Å². The number of hydrogen-bond acceptors (Lipinski definition) is 5. The van der Waals surface area contributed by atoms with E-state index in [0.29, 0.717) is 0 Å². The van der Waals surface area contributed by atoms with E-state index < -0.39 is 17.6 Å². The van der Waals surface area contributed by atoms with E-state index >= 15 is 0 Å².